The van der Waals surface area contributed by atoms with E-state index >= 15 is 0 Å². The van der Waals surface area contributed by atoms with Gasteiger partial charge in [0.15, 0.2) is 0 Å². The summed E-state index contributed by atoms with van der Waals surface area (Å²) >= 11 is 5.85. The van der Waals surface area contributed by atoms with Crippen molar-refractivity contribution >= 4 is 17.5 Å². The van der Waals surface area contributed by atoms with E-state index in [1.807, 2.05) is 24.3 Å². The molecular formula is C24H40ClNO. The highest BCUT2D eigenvalue weighted by atomic mass is 35.5. The van der Waals surface area contributed by atoms with Crippen LogP contribution in [0.5, 0.6) is 0 Å². The predicted octanol–water partition coefficient (Wildman–Crippen LogP) is 7.48. The van der Waals surface area contributed by atoms with Crippen molar-refractivity contribution in [3.05, 3.63) is 34.9 Å². The number of benzene rings is 1. The van der Waals surface area contributed by atoms with Crippen LogP contribution in [0.2, 0.25) is 5.02 Å². The SMILES string of the molecule is CCCCCCCCCCCCCCCCNC(=O)Cc1ccc(Cl)cc1. The molecule has 1 aromatic rings. The van der Waals surface area contributed by atoms with Crippen LogP contribution >= 0.6 is 11.6 Å². The van der Waals surface area contributed by atoms with Crippen molar-refractivity contribution in [2.45, 2.75) is 103 Å². The molecule has 0 saturated carbocycles. The molecule has 1 amide bonds. The zero-order chi connectivity index (χ0) is 19.6. The fraction of sp³-hybridized carbons (Fsp3) is 0.708. The van der Waals surface area contributed by atoms with E-state index in [2.05, 4.69) is 12.2 Å². The molecule has 154 valence electrons. The highest BCUT2D eigenvalue weighted by Gasteiger charge is 2.02. The Kier molecular flexibility index (Phi) is 15.2. The Bertz CT molecular complexity index is 472. The molecule has 0 radical (unpaired) electrons. The standard InChI is InChI=1S/C24H40ClNO/c1-2-3-4-5-6-7-8-9-10-11-12-13-14-15-20-26-24(27)21-22-16-18-23(25)19-17-22/h16-19H,2-15,20-21H2,1H3,(H,26,27). The maximum atomic E-state index is 11.9. The second kappa shape index (κ2) is 17.1. The van der Waals surface area contributed by atoms with Gasteiger partial charge in [-0.3, -0.25) is 4.79 Å². The summed E-state index contributed by atoms with van der Waals surface area (Å²) in [6.45, 7) is 3.07. The average molecular weight is 394 g/mol. The number of carbonyl (C=O) groups is 1. The number of halogens is 1. The topological polar surface area (TPSA) is 29.1 Å². The molecule has 0 aliphatic rings. The molecule has 0 heterocycles. The third-order valence-corrected chi connectivity index (χ3v) is 5.38. The number of hydrogen-bond acceptors (Lipinski definition) is 1. The summed E-state index contributed by atoms with van der Waals surface area (Å²) in [5.41, 5.74) is 1.01. The van der Waals surface area contributed by atoms with Crippen LogP contribution in [0.3, 0.4) is 0 Å². The third-order valence-electron chi connectivity index (χ3n) is 5.13. The lowest BCUT2D eigenvalue weighted by Crippen LogP contribution is -2.26. The molecule has 0 unspecified atom stereocenters. The van der Waals surface area contributed by atoms with Gasteiger partial charge in [-0.2, -0.15) is 0 Å². The number of unbranched alkanes of at least 4 members (excludes halogenated alkanes) is 13. The molecular weight excluding hydrogens is 354 g/mol. The first-order chi connectivity index (χ1) is 13.2. The van der Waals surface area contributed by atoms with Crippen molar-refractivity contribution in [2.24, 2.45) is 0 Å². The number of rotatable bonds is 17. The number of amides is 1. The highest BCUT2D eigenvalue weighted by molar-refractivity contribution is 6.30. The molecule has 2 nitrogen and oxygen atoms in total. The summed E-state index contributed by atoms with van der Waals surface area (Å²) in [4.78, 5) is 11.9. The lowest BCUT2D eigenvalue weighted by molar-refractivity contribution is -0.120. The zero-order valence-electron chi connectivity index (χ0n) is 17.4. The van der Waals surface area contributed by atoms with Gasteiger partial charge in [-0.1, -0.05) is 114 Å². The van der Waals surface area contributed by atoms with Gasteiger partial charge in [-0.15, -0.1) is 0 Å². The normalized spacial score (nSPS) is 10.9. The van der Waals surface area contributed by atoms with E-state index in [4.69, 9.17) is 11.6 Å². The first-order valence-corrected chi connectivity index (χ1v) is 11.6. The maximum Gasteiger partial charge on any atom is 0.224 e. The smallest absolute Gasteiger partial charge is 0.224 e. The molecule has 0 fully saturated rings. The van der Waals surface area contributed by atoms with Crippen molar-refractivity contribution in [1.29, 1.82) is 0 Å². The van der Waals surface area contributed by atoms with Crippen molar-refractivity contribution in [3.8, 4) is 0 Å². The van der Waals surface area contributed by atoms with Crippen LogP contribution in [0.1, 0.15) is 102 Å². The van der Waals surface area contributed by atoms with E-state index in [-0.39, 0.29) is 5.91 Å². The first-order valence-electron chi connectivity index (χ1n) is 11.2. The fourth-order valence-corrected chi connectivity index (χ4v) is 3.52. The first kappa shape index (κ1) is 24.0. The molecule has 0 bridgehead atoms. The Labute approximate surface area is 172 Å². The molecule has 0 atom stereocenters. The molecule has 3 heteroatoms. The molecule has 0 spiro atoms. The molecule has 27 heavy (non-hydrogen) atoms. The minimum Gasteiger partial charge on any atom is -0.356 e. The molecule has 0 aromatic heterocycles. The molecule has 1 N–H and O–H groups in total. The Morgan fingerprint density at radius 3 is 1.67 bits per heavy atom. The summed E-state index contributed by atoms with van der Waals surface area (Å²) in [7, 11) is 0. The second-order valence-electron chi connectivity index (χ2n) is 7.75. The lowest BCUT2D eigenvalue weighted by Gasteiger charge is -2.06. The van der Waals surface area contributed by atoms with Crippen LogP contribution in [0.25, 0.3) is 0 Å². The number of carbonyl (C=O) groups excluding carboxylic acids is 1. The van der Waals surface area contributed by atoms with Crippen molar-refractivity contribution in [1.82, 2.24) is 5.32 Å². The summed E-state index contributed by atoms with van der Waals surface area (Å²) in [5, 5.41) is 3.73. The number of hydrogen-bond donors (Lipinski definition) is 1. The van der Waals surface area contributed by atoms with E-state index in [1.165, 1.54) is 83.5 Å². The van der Waals surface area contributed by atoms with Gasteiger partial charge in [-0.25, -0.2) is 0 Å². The largest absolute Gasteiger partial charge is 0.356 e. The van der Waals surface area contributed by atoms with E-state index in [1.54, 1.807) is 0 Å². The second-order valence-corrected chi connectivity index (χ2v) is 8.19. The molecule has 0 aliphatic heterocycles. The van der Waals surface area contributed by atoms with Gasteiger partial charge in [0.2, 0.25) is 5.91 Å². The van der Waals surface area contributed by atoms with Crippen molar-refractivity contribution in [3.63, 3.8) is 0 Å². The maximum absolute atomic E-state index is 11.9. The molecule has 0 aliphatic carbocycles. The van der Waals surface area contributed by atoms with Crippen LogP contribution in [-0.4, -0.2) is 12.5 Å². The fourth-order valence-electron chi connectivity index (χ4n) is 3.40. The van der Waals surface area contributed by atoms with Gasteiger partial charge < -0.3 is 5.32 Å². The van der Waals surface area contributed by atoms with E-state index in [0.29, 0.717) is 11.4 Å². The summed E-state index contributed by atoms with van der Waals surface area (Å²) in [5.74, 6) is 0.104. The monoisotopic (exact) mass is 393 g/mol. The van der Waals surface area contributed by atoms with Crippen LogP contribution in [-0.2, 0) is 11.2 Å². The Morgan fingerprint density at radius 2 is 1.19 bits per heavy atom. The minimum atomic E-state index is 0.104. The zero-order valence-corrected chi connectivity index (χ0v) is 18.2. The van der Waals surface area contributed by atoms with E-state index in [9.17, 15) is 4.79 Å². The quantitative estimate of drug-likeness (QED) is 0.273. The van der Waals surface area contributed by atoms with Crippen molar-refractivity contribution in [2.75, 3.05) is 6.54 Å². The van der Waals surface area contributed by atoms with Crippen LogP contribution in [0.15, 0.2) is 24.3 Å². The van der Waals surface area contributed by atoms with Crippen LogP contribution in [0, 0.1) is 0 Å². The predicted molar refractivity (Wildman–Crippen MR) is 118 cm³/mol. The summed E-state index contributed by atoms with van der Waals surface area (Å²) < 4.78 is 0. The molecule has 1 rings (SSSR count). The average Bonchev–Trinajstić information content (AvgIpc) is 2.66. The van der Waals surface area contributed by atoms with Gasteiger partial charge in [0.25, 0.3) is 0 Å². The molecule has 1 aromatic carbocycles. The Hall–Kier alpha value is -1.02. The van der Waals surface area contributed by atoms with Gasteiger partial charge >= 0.3 is 0 Å². The van der Waals surface area contributed by atoms with Crippen LogP contribution < -0.4 is 5.32 Å². The van der Waals surface area contributed by atoms with Crippen LogP contribution in [0.4, 0.5) is 0 Å². The van der Waals surface area contributed by atoms with Gasteiger partial charge in [0, 0.05) is 11.6 Å². The van der Waals surface area contributed by atoms with E-state index < -0.39 is 0 Å². The summed E-state index contributed by atoms with van der Waals surface area (Å²) in [6, 6.07) is 7.48. The number of nitrogens with one attached hydrogen (secondary N) is 1. The Balaban J connectivity index is 1.81. The van der Waals surface area contributed by atoms with Gasteiger partial charge in [-0.05, 0) is 24.1 Å². The lowest BCUT2D eigenvalue weighted by atomic mass is 10.0. The van der Waals surface area contributed by atoms with Gasteiger partial charge in [0.05, 0.1) is 6.42 Å². The van der Waals surface area contributed by atoms with Gasteiger partial charge in [0.1, 0.15) is 0 Å². The van der Waals surface area contributed by atoms with Crippen molar-refractivity contribution < 1.29 is 4.79 Å². The van der Waals surface area contributed by atoms with E-state index in [0.717, 1.165) is 18.5 Å². The molecule has 0 saturated heterocycles. The Morgan fingerprint density at radius 1 is 0.741 bits per heavy atom. The third kappa shape index (κ3) is 14.7. The summed E-state index contributed by atoms with van der Waals surface area (Å²) in [6.07, 6.45) is 19.5. The minimum absolute atomic E-state index is 0.104. The highest BCUT2D eigenvalue weighted by Crippen LogP contribution is 2.13.